The van der Waals surface area contributed by atoms with Gasteiger partial charge in [-0.25, -0.2) is 0 Å². The molecule has 0 radical (unpaired) electrons. The molecule has 0 aliphatic heterocycles. The number of hydrogen-bond donors (Lipinski definition) is 1. The first-order valence-corrected chi connectivity index (χ1v) is 7.03. The molecule has 1 saturated carbocycles. The molecule has 1 N–H and O–H groups in total. The van der Waals surface area contributed by atoms with E-state index in [1.165, 1.54) is 11.3 Å². The lowest BCUT2D eigenvalue weighted by atomic mass is 9.77. The van der Waals surface area contributed by atoms with E-state index in [9.17, 15) is 18.3 Å². The van der Waals surface area contributed by atoms with E-state index < -0.39 is 17.7 Å². The Morgan fingerprint density at radius 2 is 2.18 bits per heavy atom. The molecule has 96 valence electrons. The van der Waals surface area contributed by atoms with Crippen molar-refractivity contribution in [2.24, 2.45) is 5.92 Å². The highest BCUT2D eigenvalue weighted by atomic mass is 79.9. The van der Waals surface area contributed by atoms with Gasteiger partial charge >= 0.3 is 6.18 Å². The molecule has 0 bridgehead atoms. The first kappa shape index (κ1) is 13.4. The molecule has 0 amide bonds. The number of thiophene rings is 1. The van der Waals surface area contributed by atoms with Gasteiger partial charge in [0, 0.05) is 4.47 Å². The highest BCUT2D eigenvalue weighted by Gasteiger charge is 2.48. The lowest BCUT2D eigenvalue weighted by Gasteiger charge is -2.37. The molecule has 2 unspecified atom stereocenters. The van der Waals surface area contributed by atoms with Crippen LogP contribution in [0, 0.1) is 5.92 Å². The molecule has 0 spiro atoms. The molecule has 6 heteroatoms. The molecule has 1 aliphatic carbocycles. The average molecular weight is 329 g/mol. The van der Waals surface area contributed by atoms with E-state index in [2.05, 4.69) is 15.9 Å². The standard InChI is InChI=1S/C11H12BrF3OS/c12-8-3-5-17-9(8)10(16)4-1-2-7(6-10)11(13,14)15/h3,5,7,16H,1-2,4,6H2. The van der Waals surface area contributed by atoms with Gasteiger partial charge in [-0.1, -0.05) is 0 Å². The summed E-state index contributed by atoms with van der Waals surface area (Å²) < 4.78 is 38.8. The van der Waals surface area contributed by atoms with Gasteiger partial charge in [0.15, 0.2) is 0 Å². The Hall–Kier alpha value is -0.0700. The summed E-state index contributed by atoms with van der Waals surface area (Å²) in [5.41, 5.74) is -1.33. The third kappa shape index (κ3) is 2.69. The lowest BCUT2D eigenvalue weighted by molar-refractivity contribution is -0.201. The van der Waals surface area contributed by atoms with Crippen molar-refractivity contribution >= 4 is 27.3 Å². The summed E-state index contributed by atoms with van der Waals surface area (Å²) in [7, 11) is 0. The fourth-order valence-electron chi connectivity index (χ4n) is 2.36. The SMILES string of the molecule is OC1(c2sccc2Br)CCCC(C(F)(F)F)C1. The van der Waals surface area contributed by atoms with Crippen LogP contribution in [0.5, 0.6) is 0 Å². The number of halogens is 4. The van der Waals surface area contributed by atoms with Gasteiger partial charge in [0.05, 0.1) is 10.8 Å². The van der Waals surface area contributed by atoms with Crippen LogP contribution in [0.2, 0.25) is 0 Å². The van der Waals surface area contributed by atoms with Crippen LogP contribution in [0.4, 0.5) is 13.2 Å². The molecule has 1 aliphatic rings. The monoisotopic (exact) mass is 328 g/mol. The van der Waals surface area contributed by atoms with E-state index in [1.807, 2.05) is 0 Å². The van der Waals surface area contributed by atoms with Crippen molar-refractivity contribution in [3.05, 3.63) is 20.8 Å². The summed E-state index contributed by atoms with van der Waals surface area (Å²) in [4.78, 5) is 0.617. The topological polar surface area (TPSA) is 20.2 Å². The maximum atomic E-state index is 12.7. The Morgan fingerprint density at radius 1 is 1.47 bits per heavy atom. The minimum Gasteiger partial charge on any atom is -0.384 e. The van der Waals surface area contributed by atoms with Crippen LogP contribution in [-0.4, -0.2) is 11.3 Å². The van der Waals surface area contributed by atoms with Crippen LogP contribution < -0.4 is 0 Å². The van der Waals surface area contributed by atoms with E-state index in [0.29, 0.717) is 22.2 Å². The molecule has 1 aromatic rings. The molecule has 0 aromatic carbocycles. The van der Waals surface area contributed by atoms with Gasteiger partial charge in [0.2, 0.25) is 0 Å². The predicted molar refractivity (Wildman–Crippen MR) is 63.9 cm³/mol. The zero-order valence-corrected chi connectivity index (χ0v) is 11.3. The summed E-state index contributed by atoms with van der Waals surface area (Å²) in [6, 6.07) is 1.76. The quantitative estimate of drug-likeness (QED) is 0.807. The second-order valence-electron chi connectivity index (χ2n) is 4.46. The highest BCUT2D eigenvalue weighted by Crippen LogP contribution is 2.48. The number of aliphatic hydroxyl groups is 1. The molecule has 1 heterocycles. The van der Waals surface area contributed by atoms with E-state index in [1.54, 1.807) is 11.4 Å². The Kier molecular flexibility index (Phi) is 3.58. The normalized spacial score (nSPS) is 30.5. The maximum absolute atomic E-state index is 12.7. The van der Waals surface area contributed by atoms with Gasteiger partial charge in [0.1, 0.15) is 5.60 Å². The van der Waals surface area contributed by atoms with Gasteiger partial charge in [0.25, 0.3) is 0 Å². The van der Waals surface area contributed by atoms with Crippen molar-refractivity contribution in [1.82, 2.24) is 0 Å². The van der Waals surface area contributed by atoms with Gasteiger partial charge < -0.3 is 5.11 Å². The molecular weight excluding hydrogens is 317 g/mol. The van der Waals surface area contributed by atoms with E-state index in [-0.39, 0.29) is 12.8 Å². The van der Waals surface area contributed by atoms with Crippen molar-refractivity contribution in [3.8, 4) is 0 Å². The molecule has 1 nitrogen and oxygen atoms in total. The zero-order chi connectivity index (χ0) is 12.7. The Bertz CT molecular complexity index is 404. The minimum absolute atomic E-state index is 0.120. The molecule has 1 fully saturated rings. The van der Waals surface area contributed by atoms with Crippen LogP contribution in [0.3, 0.4) is 0 Å². The van der Waals surface area contributed by atoms with Crippen LogP contribution in [0.25, 0.3) is 0 Å². The third-order valence-electron chi connectivity index (χ3n) is 3.23. The molecular formula is C11H12BrF3OS. The molecule has 0 saturated heterocycles. The lowest BCUT2D eigenvalue weighted by Crippen LogP contribution is -2.38. The summed E-state index contributed by atoms with van der Waals surface area (Å²) in [6.07, 6.45) is -3.51. The fourth-order valence-corrected chi connectivity index (χ4v) is 4.25. The van der Waals surface area contributed by atoms with Crippen LogP contribution in [0.1, 0.15) is 30.6 Å². The van der Waals surface area contributed by atoms with Gasteiger partial charge in [-0.15, -0.1) is 11.3 Å². The molecule has 1 aromatic heterocycles. The fraction of sp³-hybridized carbons (Fsp3) is 0.636. The number of rotatable bonds is 1. The minimum atomic E-state index is -4.21. The predicted octanol–water partition coefficient (Wildman–Crippen LogP) is 4.45. The molecule has 17 heavy (non-hydrogen) atoms. The summed E-state index contributed by atoms with van der Waals surface area (Å²) in [5, 5.41) is 12.2. The van der Waals surface area contributed by atoms with E-state index in [0.717, 1.165) is 0 Å². The largest absolute Gasteiger partial charge is 0.391 e. The van der Waals surface area contributed by atoms with Gasteiger partial charge in [-0.05, 0) is 53.1 Å². The average Bonchev–Trinajstić information content (AvgIpc) is 2.64. The molecule has 2 atom stereocenters. The summed E-state index contributed by atoms with van der Waals surface area (Å²) in [6.45, 7) is 0. The van der Waals surface area contributed by atoms with Crippen molar-refractivity contribution in [3.63, 3.8) is 0 Å². The third-order valence-corrected chi connectivity index (χ3v) is 5.26. The number of alkyl halides is 3. The summed E-state index contributed by atoms with van der Waals surface area (Å²) >= 11 is 4.58. The Morgan fingerprint density at radius 3 is 2.71 bits per heavy atom. The van der Waals surface area contributed by atoms with Gasteiger partial charge in [-0.2, -0.15) is 13.2 Å². The smallest absolute Gasteiger partial charge is 0.384 e. The van der Waals surface area contributed by atoms with E-state index in [4.69, 9.17) is 0 Å². The van der Waals surface area contributed by atoms with E-state index >= 15 is 0 Å². The van der Waals surface area contributed by atoms with Gasteiger partial charge in [-0.3, -0.25) is 0 Å². The number of hydrogen-bond acceptors (Lipinski definition) is 2. The first-order valence-electron chi connectivity index (χ1n) is 5.35. The summed E-state index contributed by atoms with van der Waals surface area (Å²) in [5.74, 6) is -1.39. The molecule has 2 rings (SSSR count). The maximum Gasteiger partial charge on any atom is 0.391 e. The van der Waals surface area contributed by atoms with Crippen LogP contribution in [-0.2, 0) is 5.60 Å². The van der Waals surface area contributed by atoms with Crippen molar-refractivity contribution in [2.75, 3.05) is 0 Å². The van der Waals surface area contributed by atoms with Crippen LogP contribution >= 0.6 is 27.3 Å². The van der Waals surface area contributed by atoms with Crippen molar-refractivity contribution < 1.29 is 18.3 Å². The second-order valence-corrected chi connectivity index (χ2v) is 6.23. The Labute approximate surface area is 110 Å². The second kappa shape index (κ2) is 4.55. The Balaban J connectivity index is 2.24. The highest BCUT2D eigenvalue weighted by molar-refractivity contribution is 9.10. The van der Waals surface area contributed by atoms with Crippen LogP contribution in [0.15, 0.2) is 15.9 Å². The van der Waals surface area contributed by atoms with Crippen molar-refractivity contribution in [1.29, 1.82) is 0 Å². The van der Waals surface area contributed by atoms with Crippen molar-refractivity contribution in [2.45, 2.75) is 37.5 Å². The zero-order valence-electron chi connectivity index (χ0n) is 8.93. The first-order chi connectivity index (χ1) is 7.83.